The summed E-state index contributed by atoms with van der Waals surface area (Å²) in [6, 6.07) is 0. The summed E-state index contributed by atoms with van der Waals surface area (Å²) in [5.41, 5.74) is -0.919. The maximum atomic E-state index is 13.0. The van der Waals surface area contributed by atoms with Crippen molar-refractivity contribution in [1.82, 2.24) is 4.90 Å². The summed E-state index contributed by atoms with van der Waals surface area (Å²) in [7, 11) is -1.16. The molecule has 1 spiro atoms. The number of amides is 1. The lowest BCUT2D eigenvalue weighted by Crippen LogP contribution is -2.49. The molecule has 2 saturated heterocycles. The van der Waals surface area contributed by atoms with Crippen LogP contribution in [0.1, 0.15) is 6.42 Å². The van der Waals surface area contributed by atoms with E-state index in [-0.39, 0.29) is 18.6 Å². The molecule has 0 aromatic carbocycles. The number of likely N-dealkylation sites (tertiary alicyclic amines) is 1. The van der Waals surface area contributed by atoms with Crippen molar-refractivity contribution in [3.8, 4) is 0 Å². The van der Waals surface area contributed by atoms with Gasteiger partial charge in [-0.2, -0.15) is 0 Å². The third-order valence-corrected chi connectivity index (χ3v) is 7.29. The summed E-state index contributed by atoms with van der Waals surface area (Å²) in [6.07, 6.45) is 4.37. The Morgan fingerprint density at radius 2 is 2.05 bits per heavy atom. The summed E-state index contributed by atoms with van der Waals surface area (Å²) < 4.78 is 27.1. The van der Waals surface area contributed by atoms with Gasteiger partial charge < -0.3 is 18.7 Å². The number of alkyl halides is 3. The van der Waals surface area contributed by atoms with Crippen LogP contribution < -0.4 is 0 Å². The van der Waals surface area contributed by atoms with Gasteiger partial charge in [0.1, 0.15) is 5.60 Å². The first-order valence-electron chi connectivity index (χ1n) is 6.64. The number of nitrogens with zero attached hydrogens (tertiary/aromatic N) is 1. The van der Waals surface area contributed by atoms with Crippen molar-refractivity contribution in [3.05, 3.63) is 12.2 Å². The van der Waals surface area contributed by atoms with E-state index in [1.165, 1.54) is 19.1 Å². The van der Waals surface area contributed by atoms with Crippen molar-refractivity contribution in [2.45, 2.75) is 27.7 Å². The Kier molecular flexibility index (Phi) is 4.14. The van der Waals surface area contributed by atoms with Crippen LogP contribution in [-0.4, -0.2) is 52.9 Å². The first kappa shape index (κ1) is 17.0. The normalized spacial score (nSPS) is 37.0. The van der Waals surface area contributed by atoms with Gasteiger partial charge in [0, 0.05) is 26.7 Å². The molecular weight excluding hydrogens is 375 g/mol. The number of hydrogen-bond acceptors (Lipinski definition) is 5. The van der Waals surface area contributed by atoms with E-state index in [0.717, 1.165) is 0 Å². The molecule has 1 amide bonds. The van der Waals surface area contributed by atoms with Gasteiger partial charge in [-0.25, -0.2) is 0 Å². The van der Waals surface area contributed by atoms with Crippen LogP contribution in [0.15, 0.2) is 12.2 Å². The highest BCUT2D eigenvalue weighted by Crippen LogP contribution is 2.66. The van der Waals surface area contributed by atoms with Crippen LogP contribution in [0.25, 0.3) is 0 Å². The highest BCUT2D eigenvalue weighted by atomic mass is 35.6. The van der Waals surface area contributed by atoms with Crippen LogP contribution >= 0.6 is 42.4 Å². The molecule has 2 fully saturated rings. The molecule has 0 N–H and O–H groups in total. The molecule has 0 aromatic rings. The number of carbonyl (C=O) groups excluding carboxylic acids is 1. The first-order valence-corrected chi connectivity index (χ1v) is 9.38. The zero-order valence-corrected chi connectivity index (χ0v) is 15.0. The van der Waals surface area contributed by atoms with Crippen molar-refractivity contribution in [3.63, 3.8) is 0 Å². The fourth-order valence-corrected chi connectivity index (χ4v) is 5.89. The SMILES string of the molecule is COP(=O)(OC)[C@@H]1N(C(=O)C(Cl)(Cl)Cl)C[C@@H]2C[C@@H]3C=C[C@@]21O3. The monoisotopic (exact) mass is 389 g/mol. The Bertz CT molecular complexity index is 572. The Hall–Kier alpha value is 0.190. The number of hydrogen-bond donors (Lipinski definition) is 0. The summed E-state index contributed by atoms with van der Waals surface area (Å²) in [5.74, 6) is -1.78. The van der Waals surface area contributed by atoms with Gasteiger partial charge in [0.25, 0.3) is 9.70 Å². The molecule has 10 heteroatoms. The van der Waals surface area contributed by atoms with E-state index in [4.69, 9.17) is 48.6 Å². The van der Waals surface area contributed by atoms with Crippen molar-refractivity contribution < 1.29 is 23.1 Å². The van der Waals surface area contributed by atoms with E-state index in [1.807, 2.05) is 12.2 Å². The highest BCUT2D eigenvalue weighted by Gasteiger charge is 2.69. The van der Waals surface area contributed by atoms with Gasteiger partial charge in [-0.05, 0) is 6.42 Å². The lowest BCUT2D eigenvalue weighted by molar-refractivity contribution is -0.132. The fourth-order valence-electron chi connectivity index (χ4n) is 3.63. The van der Waals surface area contributed by atoms with E-state index in [9.17, 15) is 9.36 Å². The van der Waals surface area contributed by atoms with Crippen LogP contribution in [0.4, 0.5) is 0 Å². The lowest BCUT2D eigenvalue weighted by Gasteiger charge is -2.37. The number of rotatable bonds is 3. The number of ether oxygens (including phenoxy) is 1. The van der Waals surface area contributed by atoms with E-state index in [2.05, 4.69) is 0 Å². The van der Waals surface area contributed by atoms with Gasteiger partial charge in [0.05, 0.1) is 6.10 Å². The van der Waals surface area contributed by atoms with E-state index >= 15 is 0 Å². The van der Waals surface area contributed by atoms with E-state index in [0.29, 0.717) is 6.42 Å². The predicted molar refractivity (Wildman–Crippen MR) is 82.3 cm³/mol. The second kappa shape index (κ2) is 5.35. The second-order valence-electron chi connectivity index (χ2n) is 5.54. The molecule has 0 radical (unpaired) electrons. The molecule has 3 aliphatic rings. The Balaban J connectivity index is 2.07. The maximum absolute atomic E-state index is 13.0. The van der Waals surface area contributed by atoms with Crippen molar-refractivity contribution in [2.75, 3.05) is 20.8 Å². The second-order valence-corrected chi connectivity index (χ2v) is 10.1. The van der Waals surface area contributed by atoms with Gasteiger partial charge in [0.2, 0.25) is 0 Å². The van der Waals surface area contributed by atoms with Crippen LogP contribution in [0.2, 0.25) is 0 Å². The molecule has 6 nitrogen and oxygen atoms in total. The molecule has 3 aliphatic heterocycles. The minimum absolute atomic E-state index is 0.0394. The van der Waals surface area contributed by atoms with Gasteiger partial charge >= 0.3 is 7.60 Å². The van der Waals surface area contributed by atoms with E-state index in [1.54, 1.807) is 0 Å². The zero-order valence-electron chi connectivity index (χ0n) is 11.9. The van der Waals surface area contributed by atoms with Crippen molar-refractivity contribution in [2.24, 2.45) is 5.92 Å². The minimum Gasteiger partial charge on any atom is -0.360 e. The van der Waals surface area contributed by atoms with Gasteiger partial charge in [0.15, 0.2) is 5.78 Å². The molecule has 22 heavy (non-hydrogen) atoms. The predicted octanol–water partition coefficient (Wildman–Crippen LogP) is 2.72. The standard InChI is InChI=1S/C12H15Cl3NO5P/c1-19-22(18,20-2)10-11-4-3-8(21-11)5-7(11)6-16(10)9(17)12(13,14)15/h3-4,7-8,10H,5-6H2,1-2H3/t7-,8-,10-,11+/m0/s1. The third-order valence-electron chi connectivity index (χ3n) is 4.51. The third kappa shape index (κ3) is 2.27. The number of carbonyl (C=O) groups is 1. The van der Waals surface area contributed by atoms with Gasteiger partial charge in [-0.15, -0.1) is 0 Å². The Morgan fingerprint density at radius 3 is 2.55 bits per heavy atom. The topological polar surface area (TPSA) is 65.1 Å². The Labute approximate surface area is 143 Å². The average molecular weight is 391 g/mol. The fraction of sp³-hybridized carbons (Fsp3) is 0.750. The molecule has 4 atom stereocenters. The summed E-state index contributed by atoms with van der Waals surface area (Å²) in [5, 5.41) is 0. The van der Waals surface area contributed by atoms with Crippen LogP contribution in [-0.2, 0) is 23.1 Å². The lowest BCUT2D eigenvalue weighted by atomic mass is 9.86. The van der Waals surface area contributed by atoms with Crippen LogP contribution in [0.5, 0.6) is 0 Å². The summed E-state index contributed by atoms with van der Waals surface area (Å²) in [6.45, 7) is 0.273. The van der Waals surface area contributed by atoms with Crippen molar-refractivity contribution >= 4 is 48.3 Å². The number of fused-ring (bicyclic) bond motifs is 1. The maximum Gasteiger partial charge on any atom is 0.355 e. The smallest absolute Gasteiger partial charge is 0.355 e. The zero-order chi connectivity index (χ0) is 16.3. The molecule has 0 aliphatic carbocycles. The van der Waals surface area contributed by atoms with Crippen LogP contribution in [0.3, 0.4) is 0 Å². The quantitative estimate of drug-likeness (QED) is 0.421. The molecule has 0 aromatic heterocycles. The first-order chi connectivity index (χ1) is 10.2. The average Bonchev–Trinajstić information content (AvgIpc) is 3.11. The molecule has 3 rings (SSSR count). The highest BCUT2D eigenvalue weighted by molar-refractivity contribution is 7.54. The molecule has 0 saturated carbocycles. The summed E-state index contributed by atoms with van der Waals surface area (Å²) >= 11 is 17.2. The molecule has 0 unspecified atom stereocenters. The van der Waals surface area contributed by atoms with Crippen LogP contribution in [0, 0.1) is 5.92 Å². The Morgan fingerprint density at radius 1 is 1.41 bits per heavy atom. The minimum atomic E-state index is -3.68. The van der Waals surface area contributed by atoms with Gasteiger partial charge in [-0.3, -0.25) is 9.36 Å². The summed E-state index contributed by atoms with van der Waals surface area (Å²) in [4.78, 5) is 13.7. The van der Waals surface area contributed by atoms with E-state index < -0.39 is 28.7 Å². The molecule has 3 heterocycles. The largest absolute Gasteiger partial charge is 0.360 e. The van der Waals surface area contributed by atoms with Crippen molar-refractivity contribution in [1.29, 1.82) is 0 Å². The van der Waals surface area contributed by atoms with Gasteiger partial charge in [-0.1, -0.05) is 47.0 Å². The number of halogens is 3. The molecule has 124 valence electrons. The molecule has 2 bridgehead atoms. The molecular formula is C12H15Cl3NO5P.